The number of rotatable bonds is 5. The van der Waals surface area contributed by atoms with E-state index in [-0.39, 0.29) is 12.4 Å². The molecule has 2 fully saturated rings. The van der Waals surface area contributed by atoms with Gasteiger partial charge in [-0.05, 0) is 55.9 Å². The zero-order chi connectivity index (χ0) is 15.5. The summed E-state index contributed by atoms with van der Waals surface area (Å²) in [6.45, 7) is 0. The minimum absolute atomic E-state index is 0. The Morgan fingerprint density at radius 1 is 1.13 bits per heavy atom. The minimum Gasteiger partial charge on any atom is -0.343 e. The molecule has 0 bridgehead atoms. The molecule has 0 heterocycles. The van der Waals surface area contributed by atoms with Gasteiger partial charge in [-0.3, -0.25) is 4.79 Å². The fraction of sp³-hybridized carbons (Fsp3) is 0.632. The highest BCUT2D eigenvalue weighted by Gasteiger charge is 2.39. The van der Waals surface area contributed by atoms with E-state index in [9.17, 15) is 4.79 Å². The molecule has 2 aliphatic carbocycles. The summed E-state index contributed by atoms with van der Waals surface area (Å²) in [6, 6.07) is 11.4. The number of hydrogen-bond acceptors (Lipinski definition) is 2. The number of nitrogens with zero attached hydrogens (tertiary/aromatic N) is 1. The molecular formula is C19H29ClN2O. The molecule has 1 amide bonds. The fourth-order valence-corrected chi connectivity index (χ4v) is 3.79. The quantitative estimate of drug-likeness (QED) is 0.895. The first kappa shape index (κ1) is 18.3. The van der Waals surface area contributed by atoms with Crippen LogP contribution in [0.2, 0.25) is 0 Å². The lowest BCUT2D eigenvalue weighted by molar-refractivity contribution is -0.133. The molecule has 0 aliphatic heterocycles. The first-order valence-corrected chi connectivity index (χ1v) is 8.68. The van der Waals surface area contributed by atoms with E-state index in [1.54, 1.807) is 0 Å². The second kappa shape index (κ2) is 8.16. The molecule has 2 atom stereocenters. The topological polar surface area (TPSA) is 46.3 Å². The van der Waals surface area contributed by atoms with Crippen LogP contribution in [0.3, 0.4) is 0 Å². The van der Waals surface area contributed by atoms with Gasteiger partial charge in [-0.25, -0.2) is 0 Å². The Morgan fingerprint density at radius 2 is 1.78 bits per heavy atom. The number of nitrogens with two attached hydrogens (primary N) is 1. The summed E-state index contributed by atoms with van der Waals surface area (Å²) in [4.78, 5) is 14.5. The third-order valence-electron chi connectivity index (χ3n) is 5.53. The van der Waals surface area contributed by atoms with Crippen molar-refractivity contribution in [2.45, 2.75) is 57.0 Å². The Labute approximate surface area is 146 Å². The van der Waals surface area contributed by atoms with E-state index in [0.29, 0.717) is 29.8 Å². The fourth-order valence-electron chi connectivity index (χ4n) is 3.79. The molecule has 2 N–H and O–H groups in total. The third kappa shape index (κ3) is 4.95. The Kier molecular flexibility index (Phi) is 6.49. The van der Waals surface area contributed by atoms with Gasteiger partial charge >= 0.3 is 0 Å². The number of benzene rings is 1. The number of halogens is 1. The molecule has 2 aliphatic rings. The van der Waals surface area contributed by atoms with Crippen molar-refractivity contribution >= 4 is 18.3 Å². The smallest absolute Gasteiger partial charge is 0.222 e. The van der Waals surface area contributed by atoms with Crippen LogP contribution in [0.5, 0.6) is 0 Å². The van der Waals surface area contributed by atoms with Crippen molar-refractivity contribution < 1.29 is 4.79 Å². The Bertz CT molecular complexity index is 499. The number of hydrogen-bond donors (Lipinski definition) is 1. The first-order chi connectivity index (χ1) is 10.6. The molecule has 0 radical (unpaired) electrons. The van der Waals surface area contributed by atoms with Gasteiger partial charge in [0.05, 0.1) is 0 Å². The maximum absolute atomic E-state index is 12.5. The van der Waals surface area contributed by atoms with E-state index in [0.717, 1.165) is 38.5 Å². The molecule has 1 aromatic carbocycles. The van der Waals surface area contributed by atoms with Crippen molar-refractivity contribution in [2.75, 3.05) is 7.05 Å². The second-order valence-corrected chi connectivity index (χ2v) is 7.22. The normalized spacial score (nSPS) is 29.5. The van der Waals surface area contributed by atoms with Crippen LogP contribution in [0.4, 0.5) is 0 Å². The van der Waals surface area contributed by atoms with E-state index >= 15 is 0 Å². The van der Waals surface area contributed by atoms with E-state index in [1.807, 2.05) is 11.9 Å². The number of amides is 1. The summed E-state index contributed by atoms with van der Waals surface area (Å²) in [5, 5.41) is 0. The van der Waals surface area contributed by atoms with Gasteiger partial charge in [-0.1, -0.05) is 30.3 Å². The lowest BCUT2D eigenvalue weighted by Crippen LogP contribution is -2.42. The predicted octanol–water partition coefficient (Wildman–Crippen LogP) is 3.41. The average molecular weight is 337 g/mol. The molecule has 0 spiro atoms. The van der Waals surface area contributed by atoms with Crippen molar-refractivity contribution in [3.63, 3.8) is 0 Å². The lowest BCUT2D eigenvalue weighted by Gasteiger charge is -2.33. The highest BCUT2D eigenvalue weighted by atomic mass is 35.5. The maximum atomic E-state index is 12.5. The van der Waals surface area contributed by atoms with Crippen LogP contribution in [0.1, 0.15) is 44.1 Å². The molecule has 0 unspecified atom stereocenters. The largest absolute Gasteiger partial charge is 0.343 e. The van der Waals surface area contributed by atoms with E-state index in [4.69, 9.17) is 5.73 Å². The zero-order valence-corrected chi connectivity index (χ0v) is 14.8. The summed E-state index contributed by atoms with van der Waals surface area (Å²) in [5.74, 6) is 1.64. The molecule has 3 rings (SSSR count). The molecule has 1 aromatic rings. The molecule has 0 saturated heterocycles. The average Bonchev–Trinajstić information content (AvgIpc) is 3.25. The van der Waals surface area contributed by atoms with Crippen molar-refractivity contribution in [2.24, 2.45) is 17.6 Å². The van der Waals surface area contributed by atoms with Gasteiger partial charge in [0.1, 0.15) is 0 Å². The van der Waals surface area contributed by atoms with Crippen molar-refractivity contribution in [3.8, 4) is 0 Å². The van der Waals surface area contributed by atoms with Crippen LogP contribution in [0.25, 0.3) is 0 Å². The Balaban J connectivity index is 0.00000192. The highest BCUT2D eigenvalue weighted by molar-refractivity contribution is 5.85. The second-order valence-electron chi connectivity index (χ2n) is 7.22. The van der Waals surface area contributed by atoms with E-state index in [2.05, 4.69) is 30.3 Å². The Hall–Kier alpha value is -1.06. The van der Waals surface area contributed by atoms with Gasteiger partial charge < -0.3 is 10.6 Å². The highest BCUT2D eigenvalue weighted by Crippen LogP contribution is 2.44. The van der Waals surface area contributed by atoms with E-state index < -0.39 is 0 Å². The van der Waals surface area contributed by atoms with Gasteiger partial charge in [0.25, 0.3) is 0 Å². The summed E-state index contributed by atoms with van der Waals surface area (Å²) in [5.41, 5.74) is 7.35. The monoisotopic (exact) mass is 336 g/mol. The van der Waals surface area contributed by atoms with Crippen LogP contribution in [0.15, 0.2) is 30.3 Å². The molecule has 23 heavy (non-hydrogen) atoms. The van der Waals surface area contributed by atoms with Crippen LogP contribution < -0.4 is 5.73 Å². The maximum Gasteiger partial charge on any atom is 0.222 e. The van der Waals surface area contributed by atoms with Crippen molar-refractivity contribution in [1.82, 2.24) is 4.90 Å². The summed E-state index contributed by atoms with van der Waals surface area (Å²) < 4.78 is 0. The van der Waals surface area contributed by atoms with Crippen molar-refractivity contribution in [1.29, 1.82) is 0 Å². The van der Waals surface area contributed by atoms with Crippen molar-refractivity contribution in [3.05, 3.63) is 35.9 Å². The molecule has 4 heteroatoms. The standard InChI is InChI=1S/C19H28N2O.ClH/c1-21(18-9-7-17(20)8-10-18)19(22)13-16-12-15(16)11-14-5-3-2-4-6-14;/h2-6,15-18H,7-13,20H2,1H3;1H/t15-,16+,17?,18?;/m1./s1. The molecule has 2 saturated carbocycles. The minimum atomic E-state index is 0. The van der Waals surface area contributed by atoms with Crippen LogP contribution in [0, 0.1) is 11.8 Å². The summed E-state index contributed by atoms with van der Waals surface area (Å²) >= 11 is 0. The van der Waals surface area contributed by atoms with Gasteiger partial charge in [0, 0.05) is 25.6 Å². The van der Waals surface area contributed by atoms with Gasteiger partial charge in [0.15, 0.2) is 0 Å². The van der Waals surface area contributed by atoms with Gasteiger partial charge in [-0.15, -0.1) is 12.4 Å². The lowest BCUT2D eigenvalue weighted by atomic mass is 9.91. The molecular weight excluding hydrogens is 308 g/mol. The molecule has 0 aromatic heterocycles. The zero-order valence-electron chi connectivity index (χ0n) is 14.0. The van der Waals surface area contributed by atoms with E-state index in [1.165, 1.54) is 12.0 Å². The van der Waals surface area contributed by atoms with Crippen LogP contribution in [-0.4, -0.2) is 29.9 Å². The van der Waals surface area contributed by atoms with Gasteiger partial charge in [-0.2, -0.15) is 0 Å². The SMILES string of the molecule is CN(C(=O)C[C@@H]1C[C@H]1Cc1ccccc1)C1CCC(N)CC1.Cl. The van der Waals surface area contributed by atoms with Gasteiger partial charge in [0.2, 0.25) is 5.91 Å². The first-order valence-electron chi connectivity index (χ1n) is 8.68. The Morgan fingerprint density at radius 3 is 2.43 bits per heavy atom. The predicted molar refractivity (Wildman–Crippen MR) is 96.6 cm³/mol. The third-order valence-corrected chi connectivity index (χ3v) is 5.53. The molecule has 3 nitrogen and oxygen atoms in total. The molecule has 128 valence electrons. The summed E-state index contributed by atoms with van der Waals surface area (Å²) in [7, 11) is 1.98. The van der Waals surface area contributed by atoms with Crippen LogP contribution >= 0.6 is 12.4 Å². The summed E-state index contributed by atoms with van der Waals surface area (Å²) in [6.07, 6.45) is 7.33. The van der Waals surface area contributed by atoms with Crippen LogP contribution in [-0.2, 0) is 11.2 Å². The number of carbonyl (C=O) groups excluding carboxylic acids is 1. The number of carbonyl (C=O) groups is 1.